The Kier molecular flexibility index (Phi) is 3.48. The van der Waals surface area contributed by atoms with Gasteiger partial charge in [-0.25, -0.2) is 4.68 Å². The quantitative estimate of drug-likeness (QED) is 0.855. The maximum absolute atomic E-state index is 5.91. The highest BCUT2D eigenvalue weighted by molar-refractivity contribution is 9.10. The Bertz CT molecular complexity index is 579. The van der Waals surface area contributed by atoms with Crippen LogP contribution in [0.25, 0.3) is 11.4 Å². The predicted molar refractivity (Wildman–Crippen MR) is 74.5 cm³/mol. The lowest BCUT2D eigenvalue weighted by atomic mass is 10.1. The minimum absolute atomic E-state index is 0.187. The van der Waals surface area contributed by atoms with Gasteiger partial charge in [0.15, 0.2) is 5.82 Å². The minimum Gasteiger partial charge on any atom is -0.398 e. The van der Waals surface area contributed by atoms with E-state index in [0.717, 1.165) is 35.3 Å². The van der Waals surface area contributed by atoms with Crippen LogP contribution in [0.5, 0.6) is 0 Å². The molecule has 1 atom stereocenters. The molecule has 1 saturated heterocycles. The Balaban J connectivity index is 2.01. The lowest BCUT2D eigenvalue weighted by Crippen LogP contribution is -2.23. The molecule has 0 radical (unpaired) electrons. The molecule has 2 heterocycles. The van der Waals surface area contributed by atoms with Gasteiger partial charge in [0.25, 0.3) is 0 Å². The third kappa shape index (κ3) is 2.35. The molecular weight excluding hydrogens is 310 g/mol. The largest absolute Gasteiger partial charge is 0.398 e. The Morgan fingerprint density at radius 2 is 2.32 bits per heavy atom. The topological polar surface area (TPSA) is 78.9 Å². The van der Waals surface area contributed by atoms with Crippen molar-refractivity contribution in [3.63, 3.8) is 0 Å². The molecule has 0 aliphatic carbocycles. The first-order valence-electron chi connectivity index (χ1n) is 6.17. The summed E-state index contributed by atoms with van der Waals surface area (Å²) in [7, 11) is 0. The second-order valence-electron chi connectivity index (χ2n) is 4.53. The van der Waals surface area contributed by atoms with Crippen molar-refractivity contribution in [1.82, 2.24) is 20.2 Å². The number of anilines is 1. The first kappa shape index (κ1) is 12.6. The number of ether oxygens (including phenoxy) is 1. The number of rotatable bonds is 2. The number of hydrogen-bond acceptors (Lipinski definition) is 5. The van der Waals surface area contributed by atoms with Crippen molar-refractivity contribution < 1.29 is 4.74 Å². The summed E-state index contributed by atoms with van der Waals surface area (Å²) in [6.07, 6.45) is 2.06. The minimum atomic E-state index is 0.187. The van der Waals surface area contributed by atoms with Crippen LogP contribution in [0.1, 0.15) is 18.9 Å². The zero-order valence-corrected chi connectivity index (χ0v) is 11.9. The average Bonchev–Trinajstić information content (AvgIpc) is 2.92. The summed E-state index contributed by atoms with van der Waals surface area (Å²) in [5, 5.41) is 12.0. The van der Waals surface area contributed by atoms with Crippen LogP contribution in [0.15, 0.2) is 22.7 Å². The summed E-state index contributed by atoms with van der Waals surface area (Å²) in [6, 6.07) is 5.87. The number of tetrazole rings is 1. The summed E-state index contributed by atoms with van der Waals surface area (Å²) in [5.74, 6) is 0.717. The highest BCUT2D eigenvalue weighted by atomic mass is 79.9. The number of aromatic nitrogens is 4. The smallest absolute Gasteiger partial charge is 0.183 e. The van der Waals surface area contributed by atoms with E-state index in [4.69, 9.17) is 10.5 Å². The number of benzene rings is 1. The fourth-order valence-electron chi connectivity index (χ4n) is 2.26. The molecule has 3 rings (SSSR count). The van der Waals surface area contributed by atoms with Crippen molar-refractivity contribution in [2.75, 3.05) is 18.9 Å². The second kappa shape index (κ2) is 5.26. The highest BCUT2D eigenvalue weighted by Crippen LogP contribution is 2.32. The summed E-state index contributed by atoms with van der Waals surface area (Å²) in [6.45, 7) is 1.47. The van der Waals surface area contributed by atoms with Crippen LogP contribution in [-0.4, -0.2) is 33.4 Å². The van der Waals surface area contributed by atoms with Gasteiger partial charge in [-0.2, -0.15) is 0 Å². The van der Waals surface area contributed by atoms with Gasteiger partial charge in [0, 0.05) is 17.9 Å². The lowest BCUT2D eigenvalue weighted by molar-refractivity contribution is 0.0548. The van der Waals surface area contributed by atoms with E-state index in [1.165, 1.54) is 0 Å². The van der Waals surface area contributed by atoms with Gasteiger partial charge in [0.05, 0.1) is 17.1 Å². The molecular formula is C12H14BrN5O. The molecule has 0 spiro atoms. The van der Waals surface area contributed by atoms with E-state index in [9.17, 15) is 0 Å². The molecule has 7 heteroatoms. The zero-order chi connectivity index (χ0) is 13.2. The lowest BCUT2D eigenvalue weighted by Gasteiger charge is -2.22. The molecule has 2 aromatic rings. The molecule has 19 heavy (non-hydrogen) atoms. The Hall–Kier alpha value is -1.47. The van der Waals surface area contributed by atoms with Gasteiger partial charge in [0.1, 0.15) is 0 Å². The molecule has 0 amide bonds. The number of halogens is 1. The molecule has 2 N–H and O–H groups in total. The van der Waals surface area contributed by atoms with E-state index in [2.05, 4.69) is 31.5 Å². The number of nitrogen functional groups attached to an aromatic ring is 1. The van der Waals surface area contributed by atoms with E-state index in [-0.39, 0.29) is 6.04 Å². The van der Waals surface area contributed by atoms with Crippen LogP contribution in [-0.2, 0) is 4.74 Å². The van der Waals surface area contributed by atoms with Gasteiger partial charge in [0.2, 0.25) is 0 Å². The van der Waals surface area contributed by atoms with Crippen molar-refractivity contribution in [3.05, 3.63) is 22.7 Å². The first-order chi connectivity index (χ1) is 9.27. The van der Waals surface area contributed by atoms with Crippen molar-refractivity contribution >= 4 is 21.6 Å². The highest BCUT2D eigenvalue weighted by Gasteiger charge is 2.22. The summed E-state index contributed by atoms with van der Waals surface area (Å²) >= 11 is 3.49. The van der Waals surface area contributed by atoms with E-state index in [1.807, 2.05) is 22.9 Å². The number of hydrogen-bond donors (Lipinski definition) is 1. The zero-order valence-electron chi connectivity index (χ0n) is 10.3. The van der Waals surface area contributed by atoms with Crippen LogP contribution in [0.2, 0.25) is 0 Å². The SMILES string of the molecule is Nc1cccc(-c2nnnn2C2CCCOC2)c1Br. The normalized spacial score (nSPS) is 19.5. The van der Waals surface area contributed by atoms with E-state index in [1.54, 1.807) is 0 Å². The molecule has 1 aliphatic heterocycles. The van der Waals surface area contributed by atoms with Crippen LogP contribution in [0, 0.1) is 0 Å². The molecule has 100 valence electrons. The standard InChI is InChI=1S/C12H14BrN5O/c13-11-9(4-1-5-10(11)14)12-15-16-17-18(12)8-3-2-6-19-7-8/h1,4-5,8H,2-3,6-7,14H2. The number of nitrogens with two attached hydrogens (primary N) is 1. The van der Waals surface area contributed by atoms with Crippen LogP contribution in [0.4, 0.5) is 5.69 Å². The Morgan fingerprint density at radius 1 is 1.42 bits per heavy atom. The fraction of sp³-hybridized carbons (Fsp3) is 0.417. The molecule has 1 fully saturated rings. The van der Waals surface area contributed by atoms with Crippen LogP contribution < -0.4 is 5.73 Å². The van der Waals surface area contributed by atoms with Gasteiger partial charge < -0.3 is 10.5 Å². The maximum atomic E-state index is 5.91. The van der Waals surface area contributed by atoms with Gasteiger partial charge >= 0.3 is 0 Å². The third-order valence-corrected chi connectivity index (χ3v) is 4.13. The number of nitrogens with zero attached hydrogens (tertiary/aromatic N) is 4. The first-order valence-corrected chi connectivity index (χ1v) is 6.96. The Morgan fingerprint density at radius 3 is 3.11 bits per heavy atom. The maximum Gasteiger partial charge on any atom is 0.183 e. The summed E-state index contributed by atoms with van der Waals surface area (Å²) in [4.78, 5) is 0. The van der Waals surface area contributed by atoms with E-state index < -0.39 is 0 Å². The summed E-state index contributed by atoms with van der Waals surface area (Å²) < 4.78 is 8.15. The fourth-order valence-corrected chi connectivity index (χ4v) is 2.70. The molecule has 1 aliphatic rings. The molecule has 1 aromatic heterocycles. The molecule has 6 nitrogen and oxygen atoms in total. The monoisotopic (exact) mass is 323 g/mol. The van der Waals surface area contributed by atoms with Gasteiger partial charge in [-0.3, -0.25) is 0 Å². The molecule has 1 unspecified atom stereocenters. The second-order valence-corrected chi connectivity index (χ2v) is 5.32. The Labute approximate surface area is 119 Å². The van der Waals surface area contributed by atoms with Crippen molar-refractivity contribution in [2.45, 2.75) is 18.9 Å². The third-order valence-electron chi connectivity index (χ3n) is 3.24. The van der Waals surface area contributed by atoms with Crippen LogP contribution >= 0.6 is 15.9 Å². The molecule has 0 saturated carbocycles. The van der Waals surface area contributed by atoms with Gasteiger partial charge in [-0.05, 0) is 51.3 Å². The van der Waals surface area contributed by atoms with Crippen molar-refractivity contribution in [3.8, 4) is 11.4 Å². The van der Waals surface area contributed by atoms with Crippen molar-refractivity contribution in [1.29, 1.82) is 0 Å². The van der Waals surface area contributed by atoms with Gasteiger partial charge in [-0.1, -0.05) is 6.07 Å². The predicted octanol–water partition coefficient (Wildman–Crippen LogP) is 2.04. The van der Waals surface area contributed by atoms with E-state index >= 15 is 0 Å². The average molecular weight is 324 g/mol. The van der Waals surface area contributed by atoms with E-state index in [0.29, 0.717) is 12.3 Å². The summed E-state index contributed by atoms with van der Waals surface area (Å²) in [5.41, 5.74) is 7.48. The molecule has 1 aromatic carbocycles. The van der Waals surface area contributed by atoms with Crippen molar-refractivity contribution in [2.24, 2.45) is 0 Å². The molecule has 0 bridgehead atoms. The van der Waals surface area contributed by atoms with Gasteiger partial charge in [-0.15, -0.1) is 5.10 Å². The van der Waals surface area contributed by atoms with Crippen LogP contribution in [0.3, 0.4) is 0 Å².